The van der Waals surface area contributed by atoms with E-state index in [1.54, 1.807) is 47.3 Å². The van der Waals surface area contributed by atoms with Crippen LogP contribution in [-0.2, 0) is 15.9 Å². The highest BCUT2D eigenvalue weighted by atomic mass is 127. The second kappa shape index (κ2) is 8.98. The van der Waals surface area contributed by atoms with Crippen LogP contribution in [0.3, 0.4) is 0 Å². The van der Waals surface area contributed by atoms with Gasteiger partial charge in [-0.1, -0.05) is 24.3 Å². The average Bonchev–Trinajstić information content (AvgIpc) is 3.21. The summed E-state index contributed by atoms with van der Waals surface area (Å²) in [7, 11) is 0. The first-order chi connectivity index (χ1) is 14.6. The molecule has 0 saturated carbocycles. The van der Waals surface area contributed by atoms with Crippen LogP contribution < -0.4 is 5.32 Å². The van der Waals surface area contributed by atoms with E-state index in [2.05, 4.69) is 23.5 Å². The molecule has 1 N–H and O–H groups in total. The van der Waals surface area contributed by atoms with Gasteiger partial charge in [-0.05, 0) is 71.5 Å². The van der Waals surface area contributed by atoms with Crippen LogP contribution in [0.2, 0.25) is 0 Å². The number of anilines is 1. The SMILES string of the molecule is N#Cc1ccc(C(=O)Nc2scc(C3CCc4ccccc4C3)c2C(=O)OI)cc1. The van der Waals surface area contributed by atoms with Crippen molar-refractivity contribution in [2.24, 2.45) is 0 Å². The molecule has 1 aliphatic rings. The largest absolute Gasteiger partial charge is 0.391 e. The fraction of sp³-hybridized carbons (Fsp3) is 0.174. The molecule has 0 saturated heterocycles. The summed E-state index contributed by atoms with van der Waals surface area (Å²) in [6.45, 7) is 0. The topological polar surface area (TPSA) is 79.2 Å². The predicted octanol–water partition coefficient (Wildman–Crippen LogP) is 5.65. The van der Waals surface area contributed by atoms with Crippen LogP contribution in [0.4, 0.5) is 5.00 Å². The lowest BCUT2D eigenvalue weighted by atomic mass is 9.80. The molecular formula is C23H17IN2O3S. The lowest BCUT2D eigenvalue weighted by Gasteiger charge is -2.25. The molecule has 1 heterocycles. The van der Waals surface area contributed by atoms with Gasteiger partial charge in [0.05, 0.1) is 17.2 Å². The molecule has 2 aromatic carbocycles. The van der Waals surface area contributed by atoms with Crippen molar-refractivity contribution in [2.45, 2.75) is 25.2 Å². The molecule has 1 aromatic heterocycles. The summed E-state index contributed by atoms with van der Waals surface area (Å²) in [5.41, 5.74) is 4.92. The number of rotatable bonds is 4. The van der Waals surface area contributed by atoms with E-state index in [9.17, 15) is 9.59 Å². The first kappa shape index (κ1) is 20.6. The van der Waals surface area contributed by atoms with E-state index in [0.717, 1.165) is 24.8 Å². The van der Waals surface area contributed by atoms with Crippen molar-refractivity contribution in [1.82, 2.24) is 0 Å². The first-order valence-electron chi connectivity index (χ1n) is 9.43. The van der Waals surface area contributed by atoms with Crippen LogP contribution in [0, 0.1) is 11.3 Å². The number of fused-ring (bicyclic) bond motifs is 1. The molecule has 1 amide bonds. The number of hydrogen-bond acceptors (Lipinski definition) is 5. The number of hydrogen-bond donors (Lipinski definition) is 1. The predicted molar refractivity (Wildman–Crippen MR) is 124 cm³/mol. The summed E-state index contributed by atoms with van der Waals surface area (Å²) in [6.07, 6.45) is 2.76. The van der Waals surface area contributed by atoms with Gasteiger partial charge in [-0.2, -0.15) is 5.26 Å². The highest BCUT2D eigenvalue weighted by Gasteiger charge is 2.29. The van der Waals surface area contributed by atoms with E-state index in [0.29, 0.717) is 21.7 Å². The van der Waals surface area contributed by atoms with E-state index in [-0.39, 0.29) is 11.8 Å². The number of nitrogens with zero attached hydrogens (tertiary/aromatic N) is 1. The van der Waals surface area contributed by atoms with Crippen LogP contribution in [-0.4, -0.2) is 11.9 Å². The van der Waals surface area contributed by atoms with Crippen molar-refractivity contribution in [3.05, 3.63) is 87.3 Å². The molecule has 0 aliphatic heterocycles. The molecule has 7 heteroatoms. The smallest absolute Gasteiger partial charge is 0.350 e. The number of nitriles is 1. The van der Waals surface area contributed by atoms with E-state index in [1.165, 1.54) is 22.5 Å². The summed E-state index contributed by atoms with van der Waals surface area (Å²) in [5.74, 6) is -0.590. The minimum absolute atomic E-state index is 0.196. The van der Waals surface area contributed by atoms with E-state index in [4.69, 9.17) is 8.33 Å². The third-order valence-corrected chi connectivity index (χ3v) is 6.70. The van der Waals surface area contributed by atoms with Gasteiger partial charge in [0.1, 0.15) is 5.00 Å². The Morgan fingerprint density at radius 1 is 1.13 bits per heavy atom. The maximum Gasteiger partial charge on any atom is 0.350 e. The Morgan fingerprint density at radius 3 is 2.57 bits per heavy atom. The summed E-state index contributed by atoms with van der Waals surface area (Å²) in [4.78, 5) is 25.3. The lowest BCUT2D eigenvalue weighted by molar-refractivity contribution is 0.0800. The number of benzene rings is 2. The third kappa shape index (κ3) is 4.11. The van der Waals surface area contributed by atoms with Crippen LogP contribution >= 0.6 is 34.3 Å². The Labute approximate surface area is 192 Å². The fourth-order valence-corrected chi connectivity index (χ4v) is 5.09. The van der Waals surface area contributed by atoms with Crippen molar-refractivity contribution in [3.8, 4) is 6.07 Å². The number of aryl methyl sites for hydroxylation is 1. The molecule has 0 radical (unpaired) electrons. The number of carbonyl (C=O) groups excluding carboxylic acids is 2. The quantitative estimate of drug-likeness (QED) is 0.444. The zero-order valence-corrected chi connectivity index (χ0v) is 18.8. The molecule has 4 rings (SSSR count). The molecule has 0 fully saturated rings. The van der Waals surface area contributed by atoms with Gasteiger partial charge in [-0.3, -0.25) is 4.79 Å². The van der Waals surface area contributed by atoms with Gasteiger partial charge < -0.3 is 8.38 Å². The molecule has 150 valence electrons. The first-order valence-corrected chi connectivity index (χ1v) is 11.2. The monoisotopic (exact) mass is 528 g/mol. The molecule has 1 atom stereocenters. The van der Waals surface area contributed by atoms with Crippen LogP contribution in [0.5, 0.6) is 0 Å². The van der Waals surface area contributed by atoms with Gasteiger partial charge in [-0.25, -0.2) is 4.79 Å². The van der Waals surface area contributed by atoms with Gasteiger partial charge in [0.2, 0.25) is 0 Å². The summed E-state index contributed by atoms with van der Waals surface area (Å²) >= 11 is 2.92. The molecule has 3 aromatic rings. The maximum absolute atomic E-state index is 12.7. The number of halogens is 1. The Morgan fingerprint density at radius 2 is 1.87 bits per heavy atom. The minimum atomic E-state index is -0.458. The zero-order valence-electron chi connectivity index (χ0n) is 15.9. The van der Waals surface area contributed by atoms with Gasteiger partial charge >= 0.3 is 5.97 Å². The average molecular weight is 528 g/mol. The van der Waals surface area contributed by atoms with Crippen LogP contribution in [0.25, 0.3) is 0 Å². The fourth-order valence-electron chi connectivity index (χ4n) is 3.85. The van der Waals surface area contributed by atoms with Crippen LogP contribution in [0.15, 0.2) is 53.9 Å². The Balaban J connectivity index is 1.62. The van der Waals surface area contributed by atoms with Gasteiger partial charge in [0, 0.05) is 5.56 Å². The van der Waals surface area contributed by atoms with Crippen LogP contribution in [0.1, 0.15) is 55.3 Å². The Kier molecular flexibility index (Phi) is 6.16. The van der Waals surface area contributed by atoms with Crippen molar-refractivity contribution >= 4 is 51.2 Å². The van der Waals surface area contributed by atoms with Crippen molar-refractivity contribution in [2.75, 3.05) is 5.32 Å². The summed E-state index contributed by atoms with van der Waals surface area (Å²) < 4.78 is 5.00. The molecule has 0 bridgehead atoms. The standard InChI is InChI=1S/C23H17IN2O3S/c24-29-23(28)20-19(18-10-9-15-3-1-2-4-17(15)11-18)13-30-22(20)26-21(27)16-7-5-14(12-25)6-8-16/h1-8,13,18H,9-11H2,(H,26,27). The second-order valence-electron chi connectivity index (χ2n) is 7.11. The highest BCUT2D eigenvalue weighted by Crippen LogP contribution is 2.40. The lowest BCUT2D eigenvalue weighted by Crippen LogP contribution is -2.17. The van der Waals surface area contributed by atoms with E-state index < -0.39 is 5.97 Å². The second-order valence-corrected chi connectivity index (χ2v) is 8.43. The zero-order chi connectivity index (χ0) is 21.1. The normalized spacial score (nSPS) is 15.0. The minimum Gasteiger partial charge on any atom is -0.391 e. The van der Waals surface area contributed by atoms with Crippen molar-refractivity contribution in [3.63, 3.8) is 0 Å². The number of thiophene rings is 1. The Bertz CT molecular complexity index is 1150. The number of amides is 1. The maximum atomic E-state index is 12.7. The van der Waals surface area contributed by atoms with E-state index >= 15 is 0 Å². The molecule has 1 unspecified atom stereocenters. The Hall–Kier alpha value is -2.70. The highest BCUT2D eigenvalue weighted by molar-refractivity contribution is 14.1. The number of nitrogens with one attached hydrogen (secondary N) is 1. The summed E-state index contributed by atoms with van der Waals surface area (Å²) in [6, 6.07) is 16.8. The van der Waals surface area contributed by atoms with Crippen molar-refractivity contribution < 1.29 is 12.7 Å². The molecular weight excluding hydrogens is 511 g/mol. The van der Waals surface area contributed by atoms with E-state index in [1.807, 2.05) is 17.5 Å². The third-order valence-electron chi connectivity index (χ3n) is 5.38. The van der Waals surface area contributed by atoms with Gasteiger partial charge in [0.15, 0.2) is 23.0 Å². The molecule has 5 nitrogen and oxygen atoms in total. The summed E-state index contributed by atoms with van der Waals surface area (Å²) in [5, 5.41) is 14.2. The van der Waals surface area contributed by atoms with Gasteiger partial charge in [-0.15, -0.1) is 11.3 Å². The van der Waals surface area contributed by atoms with Gasteiger partial charge in [0.25, 0.3) is 5.91 Å². The van der Waals surface area contributed by atoms with Crippen molar-refractivity contribution in [1.29, 1.82) is 5.26 Å². The molecule has 1 aliphatic carbocycles. The number of carbonyl (C=O) groups is 2. The molecule has 30 heavy (non-hydrogen) atoms. The molecule has 0 spiro atoms.